The second-order valence-electron chi connectivity index (χ2n) is 8.43. The predicted molar refractivity (Wildman–Crippen MR) is 125 cm³/mol. The number of anilines is 2. The van der Waals surface area contributed by atoms with Crippen molar-refractivity contribution in [1.82, 2.24) is 4.90 Å². The molecule has 2 aromatic rings. The van der Waals surface area contributed by atoms with Crippen molar-refractivity contribution in [2.75, 3.05) is 31.9 Å². The molecule has 2 aromatic carbocycles. The molecule has 1 saturated heterocycles. The zero-order chi connectivity index (χ0) is 29.4. The van der Waals surface area contributed by atoms with Crippen molar-refractivity contribution in [2.24, 2.45) is 0 Å². The van der Waals surface area contributed by atoms with E-state index in [0.717, 1.165) is 22.5 Å². The van der Waals surface area contributed by atoms with Crippen molar-refractivity contribution < 1.29 is 42.9 Å². The number of para-hydroxylation sites is 1. The molecule has 0 radical (unpaired) electrons. The molecule has 1 fully saturated rings. The summed E-state index contributed by atoms with van der Waals surface area (Å²) in [4.78, 5) is 13.9. The number of aryl methyl sites for hydroxylation is 2. The highest BCUT2D eigenvalue weighted by atomic mass is 16.7. The molecular weight excluding hydrogens is 440 g/mol. The van der Waals surface area contributed by atoms with Crippen molar-refractivity contribution in [3.8, 4) is 5.75 Å². The average Bonchev–Trinajstić information content (AvgIpc) is 3.02. The first kappa shape index (κ1) is 17.7. The normalized spacial score (nSPS) is 29.9. The van der Waals surface area contributed by atoms with Crippen LogP contribution in [0.4, 0.5) is 11.4 Å². The predicted octanol–water partition coefficient (Wildman–Crippen LogP) is 1.15. The van der Waals surface area contributed by atoms with E-state index >= 15 is 0 Å². The lowest BCUT2D eigenvalue weighted by atomic mass is 9.99. The number of aliphatic hydroxyl groups is 3. The number of hydrogen-bond acceptors (Lipinski definition) is 8. The van der Waals surface area contributed by atoms with Crippen molar-refractivity contribution in [3.63, 3.8) is 0 Å². The van der Waals surface area contributed by atoms with Gasteiger partial charge in [0.05, 0.1) is 0 Å². The second-order valence-corrected chi connectivity index (χ2v) is 8.43. The molecule has 34 heavy (non-hydrogen) atoms. The summed E-state index contributed by atoms with van der Waals surface area (Å²) in [6.07, 6.45) is -7.20. The molecule has 0 aliphatic carbocycles. The molecule has 5 atom stereocenters. The highest BCUT2D eigenvalue weighted by molar-refractivity contribution is 5.73. The Hall–Kier alpha value is -2.69. The number of aliphatic carboxylic acids is 1. The summed E-state index contributed by atoms with van der Waals surface area (Å²) in [5.41, 5.74) is 3.56. The molecule has 4 rings (SSSR count). The molecule has 4 N–H and O–H groups in total. The third-order valence-electron chi connectivity index (χ3n) is 6.12. The fraction of sp³-hybridized carbons (Fsp3) is 0.480. The van der Waals surface area contributed by atoms with Gasteiger partial charge in [0.2, 0.25) is 6.29 Å². The van der Waals surface area contributed by atoms with Gasteiger partial charge in [0, 0.05) is 26.1 Å². The Bertz CT molecular complexity index is 1200. The molecular formula is C25H32N2O7. The number of carbonyl (C=O) groups is 1. The standard InChI is InChI=1S/C25H32N2O7/c1-26(2)12-5-13-27-18-7-4-3-6-15(18)8-9-16-14-17(10-11-19(16)27)33-25-22(30)20(28)21(29)23(34-25)24(31)32/h3-4,6-7,10-11,14,20-23,25,28-30H,5,8-9,12-13H2,1-2H3,(H,31,32)/t20-,21-,22+,23-,25+/m0/s1/i1D3,2D3. The van der Waals surface area contributed by atoms with Gasteiger partial charge in [-0.25, -0.2) is 4.79 Å². The third kappa shape index (κ3) is 5.03. The highest BCUT2D eigenvalue weighted by Crippen LogP contribution is 2.38. The first-order valence-corrected chi connectivity index (χ1v) is 11.0. The molecule has 0 aromatic heterocycles. The van der Waals surface area contributed by atoms with E-state index in [2.05, 4.69) is 0 Å². The molecule has 0 bridgehead atoms. The van der Waals surface area contributed by atoms with E-state index in [1.807, 2.05) is 29.2 Å². The maximum atomic E-state index is 11.4. The van der Waals surface area contributed by atoms with Crippen LogP contribution in [-0.4, -0.2) is 89.0 Å². The number of nitrogens with zero attached hydrogens (tertiary/aromatic N) is 2. The van der Waals surface area contributed by atoms with Crippen LogP contribution in [0.15, 0.2) is 42.5 Å². The van der Waals surface area contributed by atoms with Crippen molar-refractivity contribution >= 4 is 17.3 Å². The first-order chi connectivity index (χ1) is 18.7. The van der Waals surface area contributed by atoms with Gasteiger partial charge >= 0.3 is 5.97 Å². The van der Waals surface area contributed by atoms with Crippen molar-refractivity contribution in [3.05, 3.63) is 53.6 Å². The van der Waals surface area contributed by atoms with E-state index in [1.165, 1.54) is 0 Å². The molecule has 2 heterocycles. The second kappa shape index (κ2) is 10.3. The van der Waals surface area contributed by atoms with E-state index < -0.39 is 50.6 Å². The van der Waals surface area contributed by atoms with Crippen LogP contribution in [0.2, 0.25) is 0 Å². The topological polar surface area (TPSA) is 123 Å². The van der Waals surface area contributed by atoms with Crippen LogP contribution in [-0.2, 0) is 22.4 Å². The van der Waals surface area contributed by atoms with Crippen LogP contribution in [0, 0.1) is 0 Å². The van der Waals surface area contributed by atoms with Crippen LogP contribution in [0.3, 0.4) is 0 Å². The van der Waals surface area contributed by atoms with Crippen LogP contribution in [0.1, 0.15) is 25.8 Å². The minimum Gasteiger partial charge on any atom is -0.479 e. The summed E-state index contributed by atoms with van der Waals surface area (Å²) in [7, 11) is 0. The molecule has 0 amide bonds. The van der Waals surface area contributed by atoms with Gasteiger partial charge in [0.1, 0.15) is 24.1 Å². The van der Waals surface area contributed by atoms with E-state index in [1.54, 1.807) is 18.2 Å². The summed E-state index contributed by atoms with van der Waals surface area (Å²) in [6, 6.07) is 12.7. The van der Waals surface area contributed by atoms with E-state index in [-0.39, 0.29) is 18.7 Å². The lowest BCUT2D eigenvalue weighted by Gasteiger charge is -2.38. The minimum absolute atomic E-state index is 0.183. The van der Waals surface area contributed by atoms with Gasteiger partial charge < -0.3 is 39.7 Å². The van der Waals surface area contributed by atoms with Gasteiger partial charge in [-0.15, -0.1) is 0 Å². The Morgan fingerprint density at radius 3 is 2.59 bits per heavy atom. The molecule has 2 aliphatic rings. The third-order valence-corrected chi connectivity index (χ3v) is 6.12. The number of rotatable bonds is 7. The Balaban J connectivity index is 1.58. The lowest BCUT2D eigenvalue weighted by molar-refractivity contribution is -0.271. The highest BCUT2D eigenvalue weighted by Gasteiger charge is 2.48. The summed E-state index contributed by atoms with van der Waals surface area (Å²) < 4.78 is 56.7. The summed E-state index contributed by atoms with van der Waals surface area (Å²) >= 11 is 0. The van der Waals surface area contributed by atoms with Crippen LogP contribution in [0.5, 0.6) is 5.75 Å². The zero-order valence-corrected chi connectivity index (χ0v) is 18.4. The summed E-state index contributed by atoms with van der Waals surface area (Å²) in [5.74, 6) is -1.28. The SMILES string of the molecule is [2H]C([2H])([2H])N(CCCN1c2ccccc2CCc2cc(O[C@@H]3O[C@H](C(=O)O)[C@@H](O)[C@H](O)[C@H]3O)ccc21)C([2H])([2H])[2H]. The van der Waals surface area contributed by atoms with E-state index in [9.17, 15) is 25.2 Å². The fourth-order valence-corrected chi connectivity index (χ4v) is 4.39. The summed E-state index contributed by atoms with van der Waals surface area (Å²) in [6.45, 7) is -5.41. The van der Waals surface area contributed by atoms with E-state index in [4.69, 9.17) is 17.7 Å². The van der Waals surface area contributed by atoms with Gasteiger partial charge in [0.25, 0.3) is 0 Å². The number of carboxylic acid groups (broad SMARTS) is 1. The monoisotopic (exact) mass is 478 g/mol. The smallest absolute Gasteiger partial charge is 0.335 e. The molecule has 0 saturated carbocycles. The van der Waals surface area contributed by atoms with Gasteiger partial charge in [-0.05, 0) is 75.2 Å². The summed E-state index contributed by atoms with van der Waals surface area (Å²) in [5, 5.41) is 39.6. The van der Waals surface area contributed by atoms with Crippen LogP contribution >= 0.6 is 0 Å². The Labute approximate surface area is 207 Å². The van der Waals surface area contributed by atoms with E-state index in [0.29, 0.717) is 24.3 Å². The van der Waals surface area contributed by atoms with Crippen molar-refractivity contribution in [1.29, 1.82) is 0 Å². The Morgan fingerprint density at radius 1 is 1.09 bits per heavy atom. The molecule has 0 spiro atoms. The average molecular weight is 479 g/mol. The maximum absolute atomic E-state index is 11.4. The Kier molecular flexibility index (Phi) is 5.36. The molecule has 0 unspecified atom stereocenters. The largest absolute Gasteiger partial charge is 0.479 e. The molecule has 184 valence electrons. The molecule has 9 nitrogen and oxygen atoms in total. The number of ether oxygens (including phenoxy) is 2. The maximum Gasteiger partial charge on any atom is 0.335 e. The first-order valence-electron chi connectivity index (χ1n) is 14.0. The van der Waals surface area contributed by atoms with Crippen LogP contribution < -0.4 is 9.64 Å². The number of aliphatic hydroxyl groups excluding tert-OH is 3. The van der Waals surface area contributed by atoms with Gasteiger partial charge in [-0.3, -0.25) is 0 Å². The quantitative estimate of drug-likeness (QED) is 0.464. The number of hydrogen-bond donors (Lipinski definition) is 4. The Morgan fingerprint density at radius 2 is 1.82 bits per heavy atom. The number of benzene rings is 2. The van der Waals surface area contributed by atoms with Crippen LogP contribution in [0.25, 0.3) is 0 Å². The molecule has 2 aliphatic heterocycles. The fourth-order valence-electron chi connectivity index (χ4n) is 4.39. The van der Waals surface area contributed by atoms with Crippen molar-refractivity contribution in [2.45, 2.75) is 50.0 Å². The van der Waals surface area contributed by atoms with Gasteiger partial charge in [-0.1, -0.05) is 18.2 Å². The van der Waals surface area contributed by atoms with Gasteiger partial charge in [0.15, 0.2) is 6.10 Å². The van der Waals surface area contributed by atoms with Gasteiger partial charge in [-0.2, -0.15) is 0 Å². The number of carboxylic acids is 1. The molecule has 9 heteroatoms. The minimum atomic E-state index is -2.78. The number of fused-ring (bicyclic) bond motifs is 2. The zero-order valence-electron chi connectivity index (χ0n) is 24.4. The lowest BCUT2D eigenvalue weighted by Crippen LogP contribution is -2.61.